The Morgan fingerprint density at radius 2 is 2.08 bits per heavy atom. The summed E-state index contributed by atoms with van der Waals surface area (Å²) in [7, 11) is 0. The Morgan fingerprint density at radius 1 is 1.38 bits per heavy atom. The van der Waals surface area contributed by atoms with E-state index in [-0.39, 0.29) is 36.4 Å². The van der Waals surface area contributed by atoms with Gasteiger partial charge in [0.1, 0.15) is 0 Å². The molecule has 2 aliphatic rings. The van der Waals surface area contributed by atoms with Crippen LogP contribution in [0, 0.1) is 0 Å². The molecule has 3 N–H and O–H groups in total. The third-order valence-electron chi connectivity index (χ3n) is 2.52. The van der Waals surface area contributed by atoms with Gasteiger partial charge in [-0.2, -0.15) is 0 Å². The standard InChI is InChI=1S/C8H12N2O3/c11-5-1-4(2-5)9-6-3-7(12)10-8(6)13/h4-6,9,11H,1-3H2,(H,10,12,13). The zero-order chi connectivity index (χ0) is 9.42. The van der Waals surface area contributed by atoms with Crippen LogP contribution in [0.4, 0.5) is 0 Å². The van der Waals surface area contributed by atoms with Crippen LogP contribution in [-0.2, 0) is 9.59 Å². The quantitative estimate of drug-likeness (QED) is 0.457. The number of aliphatic hydroxyl groups excluding tert-OH is 1. The molecule has 2 amide bonds. The smallest absolute Gasteiger partial charge is 0.244 e. The molecule has 2 rings (SSSR count). The van der Waals surface area contributed by atoms with Crippen LogP contribution in [0.1, 0.15) is 19.3 Å². The van der Waals surface area contributed by atoms with Gasteiger partial charge < -0.3 is 10.4 Å². The van der Waals surface area contributed by atoms with Gasteiger partial charge in [0.2, 0.25) is 11.8 Å². The maximum Gasteiger partial charge on any atom is 0.244 e. The van der Waals surface area contributed by atoms with E-state index in [1.165, 1.54) is 0 Å². The number of carbonyl (C=O) groups excluding carboxylic acids is 2. The van der Waals surface area contributed by atoms with Crippen molar-refractivity contribution in [3.05, 3.63) is 0 Å². The number of nitrogens with one attached hydrogen (secondary N) is 2. The molecule has 5 nitrogen and oxygen atoms in total. The van der Waals surface area contributed by atoms with E-state index in [0.29, 0.717) is 12.8 Å². The Hall–Kier alpha value is -0.940. The highest BCUT2D eigenvalue weighted by Gasteiger charge is 2.35. The van der Waals surface area contributed by atoms with Crippen molar-refractivity contribution in [3.63, 3.8) is 0 Å². The van der Waals surface area contributed by atoms with E-state index in [1.807, 2.05) is 0 Å². The van der Waals surface area contributed by atoms with E-state index < -0.39 is 0 Å². The lowest BCUT2D eigenvalue weighted by Crippen LogP contribution is -2.50. The highest BCUT2D eigenvalue weighted by molar-refractivity contribution is 6.05. The van der Waals surface area contributed by atoms with E-state index in [4.69, 9.17) is 5.11 Å². The minimum absolute atomic E-state index is 0.191. The van der Waals surface area contributed by atoms with Gasteiger partial charge in [-0.15, -0.1) is 0 Å². The lowest BCUT2D eigenvalue weighted by Gasteiger charge is -2.33. The van der Waals surface area contributed by atoms with Gasteiger partial charge in [0.15, 0.2) is 0 Å². The van der Waals surface area contributed by atoms with Crippen molar-refractivity contribution in [2.75, 3.05) is 0 Å². The molecule has 1 saturated carbocycles. The maximum atomic E-state index is 11.1. The van der Waals surface area contributed by atoms with Crippen molar-refractivity contribution in [2.45, 2.75) is 37.5 Å². The van der Waals surface area contributed by atoms with Gasteiger partial charge in [-0.3, -0.25) is 14.9 Å². The summed E-state index contributed by atoms with van der Waals surface area (Å²) in [6.07, 6.45) is 1.35. The fourth-order valence-electron chi connectivity index (χ4n) is 1.70. The third kappa shape index (κ3) is 1.71. The molecule has 0 aromatic heterocycles. The number of hydrogen-bond donors (Lipinski definition) is 3. The van der Waals surface area contributed by atoms with Crippen LogP contribution < -0.4 is 10.6 Å². The van der Waals surface area contributed by atoms with Gasteiger partial charge >= 0.3 is 0 Å². The molecule has 72 valence electrons. The number of hydrogen-bond acceptors (Lipinski definition) is 4. The van der Waals surface area contributed by atoms with Gasteiger partial charge in [-0.05, 0) is 12.8 Å². The van der Waals surface area contributed by atoms with Crippen molar-refractivity contribution in [1.29, 1.82) is 0 Å². The normalized spacial score (nSPS) is 38.7. The van der Waals surface area contributed by atoms with Crippen LogP contribution in [0.3, 0.4) is 0 Å². The molecule has 13 heavy (non-hydrogen) atoms. The van der Waals surface area contributed by atoms with E-state index in [9.17, 15) is 9.59 Å². The summed E-state index contributed by atoms with van der Waals surface area (Å²) in [5, 5.41) is 14.3. The first-order chi connectivity index (χ1) is 6.15. The second-order valence-corrected chi connectivity index (χ2v) is 3.66. The summed E-state index contributed by atoms with van der Waals surface area (Å²) >= 11 is 0. The highest BCUT2D eigenvalue weighted by Crippen LogP contribution is 2.20. The molecule has 1 unspecified atom stereocenters. The van der Waals surface area contributed by atoms with Crippen molar-refractivity contribution >= 4 is 11.8 Å². The topological polar surface area (TPSA) is 78.4 Å². The van der Waals surface area contributed by atoms with Crippen molar-refractivity contribution in [3.8, 4) is 0 Å². The molecular weight excluding hydrogens is 172 g/mol. The largest absolute Gasteiger partial charge is 0.393 e. The molecule has 0 bridgehead atoms. The lowest BCUT2D eigenvalue weighted by atomic mass is 9.89. The molecule has 1 aliphatic carbocycles. The van der Waals surface area contributed by atoms with Crippen LogP contribution in [0.2, 0.25) is 0 Å². The Morgan fingerprint density at radius 3 is 2.54 bits per heavy atom. The number of carbonyl (C=O) groups is 2. The fraction of sp³-hybridized carbons (Fsp3) is 0.750. The monoisotopic (exact) mass is 184 g/mol. The summed E-state index contributed by atoms with van der Waals surface area (Å²) in [6, 6.07) is -0.193. The summed E-state index contributed by atoms with van der Waals surface area (Å²) in [6.45, 7) is 0. The maximum absolute atomic E-state index is 11.1. The first-order valence-corrected chi connectivity index (χ1v) is 4.43. The third-order valence-corrected chi connectivity index (χ3v) is 2.52. The molecule has 0 radical (unpaired) electrons. The first kappa shape index (κ1) is 8.65. The summed E-state index contributed by atoms with van der Waals surface area (Å²) in [4.78, 5) is 21.9. The number of amides is 2. The summed E-state index contributed by atoms with van der Waals surface area (Å²) in [5.41, 5.74) is 0. The molecule has 1 atom stereocenters. The Kier molecular flexibility index (Phi) is 2.05. The van der Waals surface area contributed by atoms with E-state index >= 15 is 0 Å². The molecule has 0 aromatic carbocycles. The number of imide groups is 1. The van der Waals surface area contributed by atoms with Gasteiger partial charge in [-0.25, -0.2) is 0 Å². The minimum Gasteiger partial charge on any atom is -0.393 e. The Balaban J connectivity index is 1.82. The lowest BCUT2D eigenvalue weighted by molar-refractivity contribution is -0.125. The molecular formula is C8H12N2O3. The molecule has 0 spiro atoms. The predicted octanol–water partition coefficient (Wildman–Crippen LogP) is -1.49. The minimum atomic E-state index is -0.384. The van der Waals surface area contributed by atoms with Crippen LogP contribution in [-0.4, -0.2) is 35.1 Å². The number of aliphatic hydroxyl groups is 1. The molecule has 0 aromatic rings. The first-order valence-electron chi connectivity index (χ1n) is 4.43. The average molecular weight is 184 g/mol. The zero-order valence-electron chi connectivity index (χ0n) is 7.12. The Labute approximate surface area is 75.5 Å². The fourth-order valence-corrected chi connectivity index (χ4v) is 1.70. The SMILES string of the molecule is O=C1CC(NC2CC(O)C2)C(=O)N1. The van der Waals surface area contributed by atoms with E-state index in [1.54, 1.807) is 0 Å². The van der Waals surface area contributed by atoms with Crippen LogP contribution in [0.5, 0.6) is 0 Å². The second kappa shape index (κ2) is 3.08. The van der Waals surface area contributed by atoms with E-state index in [0.717, 1.165) is 0 Å². The van der Waals surface area contributed by atoms with Crippen molar-refractivity contribution in [1.82, 2.24) is 10.6 Å². The van der Waals surface area contributed by atoms with Gasteiger partial charge in [0, 0.05) is 6.04 Å². The highest BCUT2D eigenvalue weighted by atomic mass is 16.3. The molecule has 1 heterocycles. The second-order valence-electron chi connectivity index (χ2n) is 3.66. The van der Waals surface area contributed by atoms with Gasteiger partial charge in [0.05, 0.1) is 18.6 Å². The molecule has 1 aliphatic heterocycles. The van der Waals surface area contributed by atoms with E-state index in [2.05, 4.69) is 10.6 Å². The van der Waals surface area contributed by atoms with Gasteiger partial charge in [-0.1, -0.05) is 0 Å². The molecule has 5 heteroatoms. The van der Waals surface area contributed by atoms with Gasteiger partial charge in [0.25, 0.3) is 0 Å². The summed E-state index contributed by atoms with van der Waals surface area (Å²) < 4.78 is 0. The average Bonchev–Trinajstić information content (AvgIpc) is 2.27. The van der Waals surface area contributed by atoms with Crippen molar-refractivity contribution < 1.29 is 14.7 Å². The molecule has 1 saturated heterocycles. The van der Waals surface area contributed by atoms with Crippen LogP contribution in [0.15, 0.2) is 0 Å². The summed E-state index contributed by atoms with van der Waals surface area (Å²) in [5.74, 6) is -0.464. The van der Waals surface area contributed by atoms with Crippen molar-refractivity contribution in [2.24, 2.45) is 0 Å². The molecule has 2 fully saturated rings. The Bertz CT molecular complexity index is 248. The van der Waals surface area contributed by atoms with Crippen LogP contribution in [0.25, 0.3) is 0 Å². The van der Waals surface area contributed by atoms with Crippen LogP contribution >= 0.6 is 0 Å². The number of rotatable bonds is 2. The predicted molar refractivity (Wildman–Crippen MR) is 43.7 cm³/mol. The zero-order valence-corrected chi connectivity index (χ0v) is 7.12.